The highest BCUT2D eigenvalue weighted by Gasteiger charge is 2.16. The van der Waals surface area contributed by atoms with Crippen LogP contribution in [0.3, 0.4) is 0 Å². The zero-order valence-electron chi connectivity index (χ0n) is 11.7. The molecule has 20 heavy (non-hydrogen) atoms. The molecule has 1 unspecified atom stereocenters. The van der Waals surface area contributed by atoms with Crippen LogP contribution in [0.25, 0.3) is 0 Å². The standard InChI is InChI=1S/C16H17BrClNO/c1-9-4-5-11(7-14(9)18)16(19)12-8-13(17)10(2)6-15(12)20-3/h4-8,16H,19H2,1-3H3. The predicted octanol–water partition coefficient (Wildman–Crippen LogP) is 4.78. The summed E-state index contributed by atoms with van der Waals surface area (Å²) in [4.78, 5) is 0. The minimum atomic E-state index is -0.278. The fraction of sp³-hybridized carbons (Fsp3) is 0.250. The van der Waals surface area contributed by atoms with Crippen LogP contribution in [0.5, 0.6) is 5.75 Å². The molecule has 0 amide bonds. The van der Waals surface area contributed by atoms with Crippen LogP contribution in [-0.2, 0) is 0 Å². The Morgan fingerprint density at radius 3 is 2.45 bits per heavy atom. The first-order chi connectivity index (χ1) is 9.43. The molecule has 106 valence electrons. The van der Waals surface area contributed by atoms with Crippen LogP contribution >= 0.6 is 27.5 Å². The molecule has 0 radical (unpaired) electrons. The van der Waals surface area contributed by atoms with Crippen molar-refractivity contribution in [1.82, 2.24) is 0 Å². The minimum Gasteiger partial charge on any atom is -0.496 e. The van der Waals surface area contributed by atoms with Crippen LogP contribution in [0.2, 0.25) is 5.02 Å². The van der Waals surface area contributed by atoms with Gasteiger partial charge in [-0.05, 0) is 48.7 Å². The molecule has 2 aromatic carbocycles. The molecule has 0 aliphatic heterocycles. The quantitative estimate of drug-likeness (QED) is 0.861. The fourth-order valence-corrected chi connectivity index (χ4v) is 2.62. The van der Waals surface area contributed by atoms with Gasteiger partial charge in [-0.3, -0.25) is 0 Å². The molecule has 0 saturated heterocycles. The number of hydrogen-bond acceptors (Lipinski definition) is 2. The van der Waals surface area contributed by atoms with Gasteiger partial charge in [0.15, 0.2) is 0 Å². The second kappa shape index (κ2) is 6.17. The van der Waals surface area contributed by atoms with E-state index in [2.05, 4.69) is 15.9 Å². The number of nitrogens with two attached hydrogens (primary N) is 1. The highest BCUT2D eigenvalue weighted by atomic mass is 79.9. The molecule has 1 atom stereocenters. The zero-order chi connectivity index (χ0) is 14.9. The summed E-state index contributed by atoms with van der Waals surface area (Å²) in [5, 5.41) is 0.725. The van der Waals surface area contributed by atoms with E-state index in [1.807, 2.05) is 44.2 Å². The van der Waals surface area contributed by atoms with Gasteiger partial charge in [0.1, 0.15) is 5.75 Å². The molecule has 0 aliphatic rings. The maximum Gasteiger partial charge on any atom is 0.124 e. The summed E-state index contributed by atoms with van der Waals surface area (Å²) in [5.41, 5.74) is 10.4. The Balaban J connectivity index is 2.49. The maximum absolute atomic E-state index is 6.37. The largest absolute Gasteiger partial charge is 0.496 e. The van der Waals surface area contributed by atoms with Crippen LogP contribution in [0.15, 0.2) is 34.8 Å². The van der Waals surface area contributed by atoms with Crippen LogP contribution in [0.4, 0.5) is 0 Å². The first-order valence-electron chi connectivity index (χ1n) is 6.29. The molecule has 2 N–H and O–H groups in total. The normalized spacial score (nSPS) is 12.3. The first-order valence-corrected chi connectivity index (χ1v) is 7.46. The van der Waals surface area contributed by atoms with E-state index in [1.54, 1.807) is 7.11 Å². The van der Waals surface area contributed by atoms with Crippen molar-refractivity contribution in [2.75, 3.05) is 7.11 Å². The van der Waals surface area contributed by atoms with Gasteiger partial charge in [0.25, 0.3) is 0 Å². The smallest absolute Gasteiger partial charge is 0.124 e. The van der Waals surface area contributed by atoms with Gasteiger partial charge in [-0.1, -0.05) is 39.7 Å². The van der Waals surface area contributed by atoms with Gasteiger partial charge in [0.05, 0.1) is 13.2 Å². The Kier molecular flexibility index (Phi) is 4.74. The van der Waals surface area contributed by atoms with E-state index in [9.17, 15) is 0 Å². The summed E-state index contributed by atoms with van der Waals surface area (Å²) < 4.78 is 6.46. The Hall–Kier alpha value is -1.03. The molecule has 0 aromatic heterocycles. The number of rotatable bonds is 3. The topological polar surface area (TPSA) is 35.2 Å². The van der Waals surface area contributed by atoms with E-state index < -0.39 is 0 Å². The zero-order valence-corrected chi connectivity index (χ0v) is 14.0. The molecule has 0 bridgehead atoms. The average Bonchev–Trinajstić information content (AvgIpc) is 2.43. The predicted molar refractivity (Wildman–Crippen MR) is 87.7 cm³/mol. The highest BCUT2D eigenvalue weighted by molar-refractivity contribution is 9.10. The van der Waals surface area contributed by atoms with Gasteiger partial charge < -0.3 is 10.5 Å². The number of methoxy groups -OCH3 is 1. The van der Waals surface area contributed by atoms with Crippen molar-refractivity contribution in [3.8, 4) is 5.75 Å². The summed E-state index contributed by atoms with van der Waals surface area (Å²) in [5.74, 6) is 0.787. The molecule has 2 aromatic rings. The first kappa shape index (κ1) is 15.4. The second-order valence-electron chi connectivity index (χ2n) is 4.83. The summed E-state index contributed by atoms with van der Waals surface area (Å²) >= 11 is 9.72. The van der Waals surface area contributed by atoms with Gasteiger partial charge in [-0.2, -0.15) is 0 Å². The highest BCUT2D eigenvalue weighted by Crippen LogP contribution is 2.34. The van der Waals surface area contributed by atoms with Gasteiger partial charge in [0, 0.05) is 15.1 Å². The van der Waals surface area contributed by atoms with Crippen LogP contribution in [0.1, 0.15) is 28.3 Å². The third-order valence-electron chi connectivity index (χ3n) is 3.40. The molecule has 0 fully saturated rings. The molecule has 2 nitrogen and oxygen atoms in total. The van der Waals surface area contributed by atoms with E-state index in [1.165, 1.54) is 0 Å². The minimum absolute atomic E-state index is 0.278. The fourth-order valence-electron chi connectivity index (χ4n) is 2.07. The van der Waals surface area contributed by atoms with Crippen LogP contribution < -0.4 is 10.5 Å². The lowest BCUT2D eigenvalue weighted by molar-refractivity contribution is 0.407. The summed E-state index contributed by atoms with van der Waals surface area (Å²) in [6, 6.07) is 9.60. The Labute approximate surface area is 133 Å². The molecule has 0 spiro atoms. The number of hydrogen-bond donors (Lipinski definition) is 1. The summed E-state index contributed by atoms with van der Waals surface area (Å²) in [7, 11) is 1.65. The van der Waals surface area contributed by atoms with Crippen LogP contribution in [-0.4, -0.2) is 7.11 Å². The molecule has 4 heteroatoms. The SMILES string of the molecule is COc1cc(C)c(Br)cc1C(N)c1ccc(C)c(Cl)c1. The summed E-state index contributed by atoms with van der Waals surface area (Å²) in [6.45, 7) is 3.99. The van der Waals surface area contributed by atoms with Crippen molar-refractivity contribution in [3.63, 3.8) is 0 Å². The van der Waals surface area contributed by atoms with Gasteiger partial charge in [-0.25, -0.2) is 0 Å². The Bertz CT molecular complexity index is 643. The van der Waals surface area contributed by atoms with E-state index in [-0.39, 0.29) is 6.04 Å². The van der Waals surface area contributed by atoms with Crippen molar-refractivity contribution < 1.29 is 4.74 Å². The second-order valence-corrected chi connectivity index (χ2v) is 6.09. The molecular weight excluding hydrogens is 338 g/mol. The van der Waals surface area contributed by atoms with E-state index >= 15 is 0 Å². The third-order valence-corrected chi connectivity index (χ3v) is 4.66. The number of benzene rings is 2. The van der Waals surface area contributed by atoms with E-state index in [4.69, 9.17) is 22.1 Å². The van der Waals surface area contributed by atoms with Crippen molar-refractivity contribution in [2.45, 2.75) is 19.9 Å². The number of ether oxygens (including phenoxy) is 1. The van der Waals surface area contributed by atoms with Gasteiger partial charge in [0.2, 0.25) is 0 Å². The average molecular weight is 355 g/mol. The molecule has 2 rings (SSSR count). The third kappa shape index (κ3) is 3.00. The van der Waals surface area contributed by atoms with Crippen molar-refractivity contribution in [1.29, 1.82) is 0 Å². The molecule has 0 aliphatic carbocycles. The molecular formula is C16H17BrClNO. The van der Waals surface area contributed by atoms with Crippen molar-refractivity contribution in [3.05, 3.63) is 62.1 Å². The number of halogens is 2. The monoisotopic (exact) mass is 353 g/mol. The van der Waals surface area contributed by atoms with Gasteiger partial charge in [-0.15, -0.1) is 0 Å². The maximum atomic E-state index is 6.37. The van der Waals surface area contributed by atoms with Crippen molar-refractivity contribution >= 4 is 27.5 Å². The van der Waals surface area contributed by atoms with E-state index in [0.717, 1.165) is 37.5 Å². The Morgan fingerprint density at radius 2 is 1.85 bits per heavy atom. The lowest BCUT2D eigenvalue weighted by atomic mass is 9.97. The molecule has 0 saturated carbocycles. The van der Waals surface area contributed by atoms with Gasteiger partial charge >= 0.3 is 0 Å². The molecule has 0 heterocycles. The lowest BCUT2D eigenvalue weighted by Crippen LogP contribution is -2.13. The van der Waals surface area contributed by atoms with Crippen molar-refractivity contribution in [2.24, 2.45) is 5.73 Å². The van der Waals surface area contributed by atoms with Crippen LogP contribution in [0, 0.1) is 13.8 Å². The lowest BCUT2D eigenvalue weighted by Gasteiger charge is -2.18. The van der Waals surface area contributed by atoms with E-state index in [0.29, 0.717) is 0 Å². The summed E-state index contributed by atoms with van der Waals surface area (Å²) in [6.07, 6.45) is 0. The number of aryl methyl sites for hydroxylation is 2. The Morgan fingerprint density at radius 1 is 1.15 bits per heavy atom.